The maximum absolute atomic E-state index is 6.09. The van der Waals surface area contributed by atoms with Gasteiger partial charge in [0, 0.05) is 0 Å². The van der Waals surface area contributed by atoms with Crippen LogP contribution < -0.4 is 4.74 Å². The standard InChI is InChI=1S/C41H78O11Si/c1-7-8-9-10-11-12-13-14-39-15-17-40(18-16-39)51-37-35-49-33-31-47-29-27-45-25-23-43-21-19-42-20-22-44-24-26-46-28-30-48-32-34-50-36-38-52-53(5,6)41(2,3)4/h15-18H,7-14,19-38H2,1-6H3. The summed E-state index contributed by atoms with van der Waals surface area (Å²) in [5.41, 5.74) is 1.38. The van der Waals surface area contributed by atoms with Gasteiger partial charge in [-0.2, -0.15) is 0 Å². The van der Waals surface area contributed by atoms with Crippen LogP contribution in [0.2, 0.25) is 18.1 Å². The zero-order valence-electron chi connectivity index (χ0n) is 34.6. The molecule has 0 saturated heterocycles. The molecule has 0 aliphatic carbocycles. The highest BCUT2D eigenvalue weighted by atomic mass is 28.4. The van der Waals surface area contributed by atoms with Gasteiger partial charge in [0.05, 0.1) is 126 Å². The normalized spacial score (nSPS) is 12.2. The van der Waals surface area contributed by atoms with Crippen molar-refractivity contribution in [2.75, 3.05) is 132 Å². The van der Waals surface area contributed by atoms with E-state index in [-0.39, 0.29) is 5.04 Å². The average Bonchev–Trinajstić information content (AvgIpc) is 3.13. The van der Waals surface area contributed by atoms with Gasteiger partial charge >= 0.3 is 0 Å². The van der Waals surface area contributed by atoms with Crippen molar-refractivity contribution >= 4 is 8.32 Å². The van der Waals surface area contributed by atoms with Crippen LogP contribution in [-0.4, -0.2) is 140 Å². The summed E-state index contributed by atoms with van der Waals surface area (Å²) < 4.78 is 61.8. The Morgan fingerprint density at radius 3 is 1.09 bits per heavy atom. The van der Waals surface area contributed by atoms with Crippen LogP contribution in [0.4, 0.5) is 0 Å². The van der Waals surface area contributed by atoms with Crippen molar-refractivity contribution < 1.29 is 51.8 Å². The van der Waals surface area contributed by atoms with Gasteiger partial charge in [-0.3, -0.25) is 0 Å². The number of aryl methyl sites for hydroxylation is 1. The molecular formula is C41H78O11Si. The SMILES string of the molecule is CCCCCCCCCc1ccc(OCCOCCOCCOCCOCCOCCOCCOCCOCCOCCO[Si](C)(C)C(C)(C)C)cc1. The Kier molecular flexibility index (Phi) is 33.2. The van der Waals surface area contributed by atoms with Crippen molar-refractivity contribution in [2.24, 2.45) is 0 Å². The molecule has 1 aromatic rings. The molecule has 0 spiro atoms. The minimum atomic E-state index is -1.70. The molecule has 0 saturated carbocycles. The third-order valence-electron chi connectivity index (χ3n) is 8.96. The van der Waals surface area contributed by atoms with Crippen LogP contribution in [-0.2, 0) is 53.5 Å². The van der Waals surface area contributed by atoms with E-state index in [1.807, 2.05) is 0 Å². The molecule has 1 aromatic carbocycles. The highest BCUT2D eigenvalue weighted by Gasteiger charge is 2.36. The second-order valence-corrected chi connectivity index (χ2v) is 19.3. The summed E-state index contributed by atoms with van der Waals surface area (Å²) in [5.74, 6) is 0.889. The number of hydrogen-bond donors (Lipinski definition) is 0. The van der Waals surface area contributed by atoms with Gasteiger partial charge in [0.1, 0.15) is 12.4 Å². The summed E-state index contributed by atoms with van der Waals surface area (Å²) in [4.78, 5) is 0. The lowest BCUT2D eigenvalue weighted by atomic mass is 10.0. The maximum Gasteiger partial charge on any atom is 0.192 e. The highest BCUT2D eigenvalue weighted by molar-refractivity contribution is 6.74. The fourth-order valence-corrected chi connectivity index (χ4v) is 5.72. The van der Waals surface area contributed by atoms with Crippen molar-refractivity contribution in [3.8, 4) is 5.75 Å². The Balaban J connectivity index is 1.71. The molecule has 12 heteroatoms. The van der Waals surface area contributed by atoms with Gasteiger partial charge in [-0.1, -0.05) is 78.4 Å². The van der Waals surface area contributed by atoms with Gasteiger partial charge in [-0.05, 0) is 48.7 Å². The third kappa shape index (κ3) is 31.7. The number of unbranched alkanes of at least 4 members (excludes halogenated alkanes) is 6. The molecule has 1 rings (SSSR count). The van der Waals surface area contributed by atoms with Crippen LogP contribution in [0.25, 0.3) is 0 Å². The summed E-state index contributed by atoms with van der Waals surface area (Å²) in [5, 5.41) is 0.218. The van der Waals surface area contributed by atoms with E-state index in [2.05, 4.69) is 65.1 Å². The predicted octanol–water partition coefficient (Wildman–Crippen LogP) is 7.53. The van der Waals surface area contributed by atoms with Gasteiger partial charge in [-0.25, -0.2) is 0 Å². The number of ether oxygens (including phenoxy) is 10. The Morgan fingerprint density at radius 1 is 0.415 bits per heavy atom. The van der Waals surface area contributed by atoms with Crippen LogP contribution in [0.1, 0.15) is 78.2 Å². The van der Waals surface area contributed by atoms with Crippen LogP contribution >= 0.6 is 0 Å². The Bertz CT molecular complexity index is 899. The second kappa shape index (κ2) is 35.3. The van der Waals surface area contributed by atoms with Gasteiger partial charge in [0.25, 0.3) is 0 Å². The zero-order valence-corrected chi connectivity index (χ0v) is 35.6. The molecule has 53 heavy (non-hydrogen) atoms. The topological polar surface area (TPSA) is 102 Å². The molecule has 0 aliphatic heterocycles. The monoisotopic (exact) mass is 775 g/mol. The fraction of sp³-hybridized carbons (Fsp3) is 0.854. The molecule has 0 N–H and O–H groups in total. The van der Waals surface area contributed by atoms with E-state index in [0.717, 1.165) is 12.2 Å². The molecule has 0 atom stereocenters. The number of benzene rings is 1. The highest BCUT2D eigenvalue weighted by Crippen LogP contribution is 2.36. The van der Waals surface area contributed by atoms with E-state index in [1.165, 1.54) is 50.5 Å². The first-order chi connectivity index (χ1) is 25.8. The van der Waals surface area contributed by atoms with Crippen LogP contribution in [0.3, 0.4) is 0 Å². The fourth-order valence-electron chi connectivity index (χ4n) is 4.69. The molecule has 0 amide bonds. The van der Waals surface area contributed by atoms with Crippen molar-refractivity contribution in [1.82, 2.24) is 0 Å². The molecule has 312 valence electrons. The van der Waals surface area contributed by atoms with Crippen molar-refractivity contribution in [3.05, 3.63) is 29.8 Å². The van der Waals surface area contributed by atoms with E-state index in [0.29, 0.717) is 132 Å². The summed E-state index contributed by atoms with van der Waals surface area (Å²) >= 11 is 0. The maximum atomic E-state index is 6.09. The van der Waals surface area contributed by atoms with E-state index in [9.17, 15) is 0 Å². The Hall–Kier alpha value is -1.16. The van der Waals surface area contributed by atoms with Crippen LogP contribution in [0.15, 0.2) is 24.3 Å². The van der Waals surface area contributed by atoms with E-state index in [1.54, 1.807) is 0 Å². The second-order valence-electron chi connectivity index (χ2n) is 14.5. The quantitative estimate of drug-likeness (QED) is 0.0489. The smallest absolute Gasteiger partial charge is 0.192 e. The Labute approximate surface area is 324 Å². The lowest BCUT2D eigenvalue weighted by Gasteiger charge is -2.36. The molecule has 0 bridgehead atoms. The van der Waals surface area contributed by atoms with Gasteiger partial charge in [-0.15, -0.1) is 0 Å². The van der Waals surface area contributed by atoms with Crippen LogP contribution in [0, 0.1) is 0 Å². The predicted molar refractivity (Wildman–Crippen MR) is 214 cm³/mol. The zero-order chi connectivity index (χ0) is 38.6. The molecule has 0 aliphatic rings. The molecule has 0 heterocycles. The van der Waals surface area contributed by atoms with E-state index >= 15 is 0 Å². The summed E-state index contributed by atoms with van der Waals surface area (Å²) in [6, 6.07) is 8.46. The van der Waals surface area contributed by atoms with Crippen LogP contribution in [0.5, 0.6) is 5.75 Å². The number of rotatable bonds is 40. The number of hydrogen-bond acceptors (Lipinski definition) is 11. The summed E-state index contributed by atoms with van der Waals surface area (Å²) in [6.45, 7) is 24.2. The van der Waals surface area contributed by atoms with Crippen molar-refractivity contribution in [3.63, 3.8) is 0 Å². The first-order valence-corrected chi connectivity index (χ1v) is 23.2. The minimum Gasteiger partial charge on any atom is -0.491 e. The minimum absolute atomic E-state index is 0.218. The molecule has 0 radical (unpaired) electrons. The molecular weight excluding hydrogens is 697 g/mol. The van der Waals surface area contributed by atoms with Gasteiger partial charge in [0.15, 0.2) is 8.32 Å². The summed E-state index contributed by atoms with van der Waals surface area (Å²) in [6.07, 6.45) is 10.5. The first kappa shape index (κ1) is 49.9. The summed E-state index contributed by atoms with van der Waals surface area (Å²) in [7, 11) is -1.70. The largest absolute Gasteiger partial charge is 0.491 e. The molecule has 0 fully saturated rings. The van der Waals surface area contributed by atoms with Gasteiger partial charge < -0.3 is 51.8 Å². The first-order valence-electron chi connectivity index (χ1n) is 20.3. The van der Waals surface area contributed by atoms with Crippen molar-refractivity contribution in [1.29, 1.82) is 0 Å². The third-order valence-corrected chi connectivity index (χ3v) is 13.5. The molecule has 0 aromatic heterocycles. The molecule has 11 nitrogen and oxygen atoms in total. The van der Waals surface area contributed by atoms with Crippen molar-refractivity contribution in [2.45, 2.75) is 97.2 Å². The average molecular weight is 775 g/mol. The van der Waals surface area contributed by atoms with E-state index < -0.39 is 8.32 Å². The van der Waals surface area contributed by atoms with E-state index in [4.69, 9.17) is 51.8 Å². The van der Waals surface area contributed by atoms with Gasteiger partial charge in [0.2, 0.25) is 0 Å². The molecule has 0 unspecified atom stereocenters. The lowest BCUT2D eigenvalue weighted by Crippen LogP contribution is -2.41. The lowest BCUT2D eigenvalue weighted by molar-refractivity contribution is -0.0258. The Morgan fingerprint density at radius 2 is 0.736 bits per heavy atom.